The molecule has 0 radical (unpaired) electrons. The second kappa shape index (κ2) is 4.37. The second-order valence-electron chi connectivity index (χ2n) is 5.01. The van der Waals surface area contributed by atoms with Crippen LogP contribution in [-0.2, 0) is 0 Å². The lowest BCUT2D eigenvalue weighted by atomic mass is 10.00. The predicted octanol–water partition coefficient (Wildman–Crippen LogP) is 3.78. The van der Waals surface area contributed by atoms with Crippen molar-refractivity contribution in [3.8, 4) is 0 Å². The number of anilines is 1. The van der Waals surface area contributed by atoms with Gasteiger partial charge in [0.05, 0.1) is 11.2 Å². The van der Waals surface area contributed by atoms with Gasteiger partial charge in [-0.25, -0.2) is 4.31 Å². The molecule has 0 saturated carbocycles. The van der Waals surface area contributed by atoms with E-state index < -0.39 is 10.7 Å². The standard InChI is InChI=1S/C14H19N3OS/c1-4-12-11-8-7-10-6-5-9-15-13(10)14(11)16-19(3,18)17(12)2/h5-9,12,16,18H,4H2,1-3H3. The van der Waals surface area contributed by atoms with Crippen LogP contribution in [0.25, 0.3) is 10.9 Å². The maximum Gasteiger partial charge on any atom is 0.0945 e. The minimum absolute atomic E-state index is 0.229. The zero-order valence-electron chi connectivity index (χ0n) is 11.4. The van der Waals surface area contributed by atoms with E-state index in [-0.39, 0.29) is 6.04 Å². The Bertz CT molecular complexity index is 629. The van der Waals surface area contributed by atoms with E-state index in [0.717, 1.165) is 23.0 Å². The van der Waals surface area contributed by atoms with Gasteiger partial charge in [0.25, 0.3) is 0 Å². The van der Waals surface area contributed by atoms with Gasteiger partial charge >= 0.3 is 0 Å². The molecule has 3 rings (SSSR count). The van der Waals surface area contributed by atoms with Crippen molar-refractivity contribution in [2.24, 2.45) is 0 Å². The molecular formula is C14H19N3OS. The van der Waals surface area contributed by atoms with Gasteiger partial charge in [-0.05, 0) is 28.7 Å². The lowest BCUT2D eigenvalue weighted by Gasteiger charge is -2.48. The van der Waals surface area contributed by atoms with Gasteiger partial charge in [0.2, 0.25) is 0 Å². The van der Waals surface area contributed by atoms with E-state index in [1.54, 1.807) is 6.20 Å². The van der Waals surface area contributed by atoms with Gasteiger partial charge < -0.3 is 9.27 Å². The first-order valence-electron chi connectivity index (χ1n) is 6.43. The highest BCUT2D eigenvalue weighted by Gasteiger charge is 2.35. The molecule has 0 amide bonds. The van der Waals surface area contributed by atoms with Crippen molar-refractivity contribution in [2.45, 2.75) is 19.4 Å². The predicted molar refractivity (Wildman–Crippen MR) is 82.3 cm³/mol. The molecule has 1 aliphatic heterocycles. The second-order valence-corrected chi connectivity index (χ2v) is 7.46. The van der Waals surface area contributed by atoms with Gasteiger partial charge in [0.15, 0.2) is 0 Å². The summed E-state index contributed by atoms with van der Waals surface area (Å²) in [6, 6.07) is 8.47. The largest absolute Gasteiger partial charge is 0.321 e. The van der Waals surface area contributed by atoms with Crippen molar-refractivity contribution in [3.05, 3.63) is 36.0 Å². The smallest absolute Gasteiger partial charge is 0.0945 e. The highest BCUT2D eigenvalue weighted by atomic mass is 32.3. The lowest BCUT2D eigenvalue weighted by molar-refractivity contribution is 0.366. The van der Waals surface area contributed by atoms with Gasteiger partial charge in [0, 0.05) is 30.9 Å². The average Bonchev–Trinajstić information content (AvgIpc) is 2.40. The summed E-state index contributed by atoms with van der Waals surface area (Å²) in [6.07, 6.45) is 4.63. The first-order chi connectivity index (χ1) is 9.04. The van der Waals surface area contributed by atoms with Crippen LogP contribution in [0.4, 0.5) is 5.69 Å². The zero-order valence-corrected chi connectivity index (χ0v) is 12.2. The van der Waals surface area contributed by atoms with Crippen molar-refractivity contribution in [2.75, 3.05) is 18.0 Å². The molecule has 2 aromatic rings. The molecule has 0 saturated heterocycles. The highest BCUT2D eigenvalue weighted by Crippen LogP contribution is 2.55. The molecule has 0 aliphatic carbocycles. The van der Waals surface area contributed by atoms with Gasteiger partial charge in [-0.15, -0.1) is 0 Å². The number of pyridine rings is 1. The normalized spacial score (nSPS) is 30.4. The van der Waals surface area contributed by atoms with Crippen molar-refractivity contribution < 1.29 is 4.55 Å². The quantitative estimate of drug-likeness (QED) is 0.833. The van der Waals surface area contributed by atoms with E-state index in [4.69, 9.17) is 0 Å². The van der Waals surface area contributed by atoms with Crippen LogP contribution < -0.4 is 4.72 Å². The molecule has 2 heterocycles. The zero-order chi connectivity index (χ0) is 13.6. The van der Waals surface area contributed by atoms with E-state index in [9.17, 15) is 4.55 Å². The summed E-state index contributed by atoms with van der Waals surface area (Å²) in [5.74, 6) is 0. The molecule has 4 nitrogen and oxygen atoms in total. The Hall–Kier alpha value is -1.30. The van der Waals surface area contributed by atoms with Crippen molar-refractivity contribution in [1.29, 1.82) is 0 Å². The van der Waals surface area contributed by atoms with Gasteiger partial charge in [-0.3, -0.25) is 4.98 Å². The molecular weight excluding hydrogens is 258 g/mol. The minimum Gasteiger partial charge on any atom is -0.321 e. The molecule has 2 unspecified atom stereocenters. The van der Waals surface area contributed by atoms with E-state index >= 15 is 0 Å². The fourth-order valence-electron chi connectivity index (χ4n) is 2.73. The number of nitrogens with zero attached hydrogens (tertiary/aromatic N) is 2. The maximum absolute atomic E-state index is 10.6. The fourth-order valence-corrected chi connectivity index (χ4v) is 4.24. The molecule has 5 heteroatoms. The first kappa shape index (κ1) is 12.7. The molecule has 2 N–H and O–H groups in total. The molecule has 1 aliphatic rings. The first-order valence-corrected chi connectivity index (χ1v) is 8.39. The number of aromatic nitrogens is 1. The van der Waals surface area contributed by atoms with E-state index in [0.29, 0.717) is 0 Å². The van der Waals surface area contributed by atoms with Crippen LogP contribution in [0.5, 0.6) is 0 Å². The van der Waals surface area contributed by atoms with Crippen molar-refractivity contribution in [1.82, 2.24) is 9.29 Å². The SMILES string of the molecule is CCC1c2ccc3cccnc3c2NS(C)(O)N1C. The number of fused-ring (bicyclic) bond motifs is 3. The highest BCUT2D eigenvalue weighted by molar-refractivity contribution is 8.27. The average molecular weight is 277 g/mol. The number of benzene rings is 1. The molecule has 0 fully saturated rings. The summed E-state index contributed by atoms with van der Waals surface area (Å²) in [5.41, 5.74) is 3.15. The molecule has 102 valence electrons. The lowest BCUT2D eigenvalue weighted by Crippen LogP contribution is -2.36. The Morgan fingerprint density at radius 2 is 2.21 bits per heavy atom. The summed E-state index contributed by atoms with van der Waals surface area (Å²) < 4.78 is 16.0. The Kier molecular flexibility index (Phi) is 2.92. The van der Waals surface area contributed by atoms with Crippen LogP contribution >= 0.6 is 10.7 Å². The summed E-state index contributed by atoms with van der Waals surface area (Å²) in [5, 5.41) is 1.10. The molecule has 1 aromatic carbocycles. The van der Waals surface area contributed by atoms with Crippen LogP contribution in [0.1, 0.15) is 24.9 Å². The third-order valence-electron chi connectivity index (χ3n) is 3.85. The third-order valence-corrected chi connectivity index (χ3v) is 5.81. The Labute approximate surface area is 115 Å². The molecule has 0 bridgehead atoms. The molecule has 2 atom stereocenters. The Morgan fingerprint density at radius 1 is 1.42 bits per heavy atom. The topological polar surface area (TPSA) is 48.4 Å². The van der Waals surface area contributed by atoms with Gasteiger partial charge in [-0.1, -0.05) is 25.1 Å². The van der Waals surface area contributed by atoms with Gasteiger partial charge in [0.1, 0.15) is 0 Å². The van der Waals surface area contributed by atoms with E-state index in [2.05, 4.69) is 28.8 Å². The monoisotopic (exact) mass is 277 g/mol. The van der Waals surface area contributed by atoms with E-state index in [1.165, 1.54) is 5.56 Å². The van der Waals surface area contributed by atoms with Crippen molar-refractivity contribution in [3.63, 3.8) is 0 Å². The number of nitrogens with one attached hydrogen (secondary N) is 1. The Balaban J connectivity index is 2.27. The number of hydrogen-bond donors (Lipinski definition) is 2. The van der Waals surface area contributed by atoms with Crippen LogP contribution in [0, 0.1) is 0 Å². The van der Waals surface area contributed by atoms with Crippen LogP contribution in [0.2, 0.25) is 0 Å². The summed E-state index contributed by atoms with van der Waals surface area (Å²) in [4.78, 5) is 4.48. The maximum atomic E-state index is 10.6. The van der Waals surface area contributed by atoms with Crippen LogP contribution in [0.15, 0.2) is 30.5 Å². The number of rotatable bonds is 1. The summed E-state index contributed by atoms with van der Waals surface area (Å²) in [6.45, 7) is 2.15. The summed E-state index contributed by atoms with van der Waals surface area (Å²) >= 11 is 0. The molecule has 1 aromatic heterocycles. The van der Waals surface area contributed by atoms with Gasteiger partial charge in [-0.2, -0.15) is 0 Å². The minimum atomic E-state index is -1.98. The molecule has 0 spiro atoms. The van der Waals surface area contributed by atoms with E-state index in [1.807, 2.05) is 29.7 Å². The summed E-state index contributed by atoms with van der Waals surface area (Å²) in [7, 11) is -0.01000. The number of hydrogen-bond acceptors (Lipinski definition) is 4. The molecule has 19 heavy (non-hydrogen) atoms. The van der Waals surface area contributed by atoms with Crippen LogP contribution in [0.3, 0.4) is 0 Å². The fraction of sp³-hybridized carbons (Fsp3) is 0.357. The Morgan fingerprint density at radius 3 is 2.95 bits per heavy atom. The van der Waals surface area contributed by atoms with Crippen LogP contribution in [-0.4, -0.2) is 27.1 Å². The third kappa shape index (κ3) is 1.89. The van der Waals surface area contributed by atoms with Crippen molar-refractivity contribution >= 4 is 27.3 Å².